The molecule has 1 rings (SSSR count). The molecule has 0 aliphatic rings. The molecular formula is C17H36OSi4. The van der Waals surface area contributed by atoms with Gasteiger partial charge in [-0.25, -0.2) is 0 Å². The van der Waals surface area contributed by atoms with Gasteiger partial charge in [0.25, 0.3) is 0 Å². The summed E-state index contributed by atoms with van der Waals surface area (Å²) in [5.41, 5.74) is 2.14. The van der Waals surface area contributed by atoms with Crippen molar-refractivity contribution in [3.05, 3.63) is 23.3 Å². The summed E-state index contributed by atoms with van der Waals surface area (Å²) in [6.45, 7) is 26.2. The molecule has 0 amide bonds. The third-order valence-corrected chi connectivity index (χ3v) is 76.6. The first-order valence-corrected chi connectivity index (χ1v) is 23.9. The Hall–Kier alpha value is -0.112. The van der Waals surface area contributed by atoms with Crippen LogP contribution in [0.2, 0.25) is 58.9 Å². The molecule has 0 aliphatic heterocycles. The molecular weight excluding hydrogens is 333 g/mol. The minimum Gasteiger partial charge on any atom is -0.507 e. The maximum Gasteiger partial charge on any atom is 0.121 e. The molecule has 0 saturated heterocycles. The first-order chi connectivity index (χ1) is 9.57. The third-order valence-electron chi connectivity index (χ3n) is 5.30. The van der Waals surface area contributed by atoms with Gasteiger partial charge in [0, 0.05) is 22.8 Å². The number of hydrogen-bond donors (Lipinski definition) is 1. The Kier molecular flexibility index (Phi) is 5.21. The van der Waals surface area contributed by atoms with Crippen LogP contribution in [0.1, 0.15) is 11.1 Å². The topological polar surface area (TPSA) is 20.2 Å². The van der Waals surface area contributed by atoms with E-state index in [0.29, 0.717) is 5.75 Å². The standard InChI is InChI=1S/C17H36OSi4/c1-14-12-16(13-15(2)17(14)18)22(19(3,4)5,20(6,7)8)21(9,10)11/h12-13,18H,1-11H3. The van der Waals surface area contributed by atoms with E-state index in [9.17, 15) is 5.11 Å². The molecule has 5 heteroatoms. The zero-order chi connectivity index (χ0) is 17.7. The fraction of sp³-hybridized carbons (Fsp3) is 0.647. The van der Waals surface area contributed by atoms with Crippen molar-refractivity contribution >= 4 is 34.6 Å². The highest BCUT2D eigenvalue weighted by Crippen LogP contribution is 2.37. The average molecular weight is 369 g/mol. The summed E-state index contributed by atoms with van der Waals surface area (Å²) in [6.07, 6.45) is 0. The highest BCUT2D eigenvalue weighted by Gasteiger charge is 2.62. The summed E-state index contributed by atoms with van der Waals surface area (Å²) in [5, 5.41) is 11.9. The van der Waals surface area contributed by atoms with E-state index < -0.39 is 29.4 Å². The van der Waals surface area contributed by atoms with Crippen LogP contribution in [0, 0.1) is 13.8 Å². The Morgan fingerprint density at radius 1 is 0.636 bits per heavy atom. The van der Waals surface area contributed by atoms with Crippen molar-refractivity contribution in [1.82, 2.24) is 0 Å². The zero-order valence-electron chi connectivity index (χ0n) is 16.6. The predicted octanol–water partition coefficient (Wildman–Crippen LogP) is 4.91. The second kappa shape index (κ2) is 5.76. The number of phenols is 1. The smallest absolute Gasteiger partial charge is 0.121 e. The van der Waals surface area contributed by atoms with E-state index in [-0.39, 0.29) is 0 Å². The summed E-state index contributed by atoms with van der Waals surface area (Å²) >= 11 is 0. The molecule has 0 fully saturated rings. The fourth-order valence-electron chi connectivity index (χ4n) is 5.85. The van der Waals surface area contributed by atoms with Gasteiger partial charge in [-0.3, -0.25) is 0 Å². The molecule has 22 heavy (non-hydrogen) atoms. The molecule has 0 spiro atoms. The maximum atomic E-state index is 10.3. The van der Waals surface area contributed by atoms with Gasteiger partial charge in [0.15, 0.2) is 0 Å². The van der Waals surface area contributed by atoms with Crippen molar-refractivity contribution in [2.24, 2.45) is 0 Å². The van der Waals surface area contributed by atoms with E-state index in [1.807, 2.05) is 0 Å². The van der Waals surface area contributed by atoms with Gasteiger partial charge >= 0.3 is 0 Å². The molecule has 126 valence electrons. The van der Waals surface area contributed by atoms with E-state index in [4.69, 9.17) is 0 Å². The molecule has 0 aromatic heterocycles. The summed E-state index contributed by atoms with van der Waals surface area (Å²) < 4.78 is 0. The SMILES string of the molecule is Cc1cc([Si]([Si](C)(C)C)([Si](C)(C)C)[Si](C)(C)C)cc(C)c1O. The number of aromatic hydroxyl groups is 1. The van der Waals surface area contributed by atoms with Crippen LogP contribution in [-0.2, 0) is 0 Å². The molecule has 1 N–H and O–H groups in total. The molecule has 1 nitrogen and oxygen atoms in total. The summed E-state index contributed by atoms with van der Waals surface area (Å²) in [5.74, 6) is 0.494. The molecule has 0 aliphatic carbocycles. The van der Waals surface area contributed by atoms with E-state index in [2.05, 4.69) is 84.9 Å². The number of rotatable bonds is 4. The summed E-state index contributed by atoms with van der Waals surface area (Å²) in [6, 6.07) is 4.73. The van der Waals surface area contributed by atoms with Crippen molar-refractivity contribution in [2.75, 3.05) is 0 Å². The van der Waals surface area contributed by atoms with Gasteiger partial charge in [-0.1, -0.05) is 76.2 Å². The lowest BCUT2D eigenvalue weighted by atomic mass is 10.1. The number of phenolic OH excluding ortho intramolecular Hbond substituents is 1. The average Bonchev–Trinajstić information content (AvgIpc) is 2.19. The normalized spacial score (nSPS) is 14.3. The highest BCUT2D eigenvalue weighted by atomic mass is 29.9. The molecule has 0 radical (unpaired) electrons. The van der Waals surface area contributed by atoms with E-state index >= 15 is 0 Å². The van der Waals surface area contributed by atoms with Gasteiger partial charge < -0.3 is 5.11 Å². The van der Waals surface area contributed by atoms with Gasteiger partial charge in [-0.2, -0.15) is 0 Å². The minimum atomic E-state index is -1.56. The summed E-state index contributed by atoms with van der Waals surface area (Å²) in [7, 11) is -3.99. The van der Waals surface area contributed by atoms with Crippen LogP contribution >= 0.6 is 0 Å². The van der Waals surface area contributed by atoms with Crippen LogP contribution < -0.4 is 5.19 Å². The Morgan fingerprint density at radius 2 is 0.909 bits per heavy atom. The van der Waals surface area contributed by atoms with Crippen molar-refractivity contribution in [2.45, 2.75) is 72.8 Å². The van der Waals surface area contributed by atoms with Gasteiger partial charge in [0.2, 0.25) is 0 Å². The Labute approximate surface area is 141 Å². The van der Waals surface area contributed by atoms with E-state index in [0.717, 1.165) is 11.1 Å². The largest absolute Gasteiger partial charge is 0.507 e. The fourth-order valence-corrected chi connectivity index (χ4v) is 106. The molecule has 1 aromatic rings. The van der Waals surface area contributed by atoms with Crippen LogP contribution in [0.15, 0.2) is 12.1 Å². The zero-order valence-corrected chi connectivity index (χ0v) is 20.6. The van der Waals surface area contributed by atoms with Crippen LogP contribution in [0.5, 0.6) is 5.75 Å². The first-order valence-electron chi connectivity index (χ1n) is 8.38. The Morgan fingerprint density at radius 3 is 1.14 bits per heavy atom. The Balaban J connectivity index is 3.96. The lowest BCUT2D eigenvalue weighted by Crippen LogP contribution is -2.88. The van der Waals surface area contributed by atoms with Crippen LogP contribution in [0.25, 0.3) is 0 Å². The number of aryl methyl sites for hydroxylation is 2. The maximum absolute atomic E-state index is 10.3. The monoisotopic (exact) mass is 368 g/mol. The molecule has 0 saturated carbocycles. The van der Waals surface area contributed by atoms with Crippen LogP contribution in [0.3, 0.4) is 0 Å². The van der Waals surface area contributed by atoms with Crippen LogP contribution in [-0.4, -0.2) is 34.5 Å². The molecule has 0 atom stereocenters. The lowest BCUT2D eigenvalue weighted by Gasteiger charge is -2.58. The highest BCUT2D eigenvalue weighted by molar-refractivity contribution is 7.92. The van der Waals surface area contributed by atoms with Gasteiger partial charge in [-0.05, 0) is 25.0 Å². The quantitative estimate of drug-likeness (QED) is 0.748. The number of benzene rings is 1. The lowest BCUT2D eigenvalue weighted by molar-refractivity contribution is 0.467. The Bertz CT molecular complexity index is 500. The summed E-state index contributed by atoms with van der Waals surface area (Å²) in [4.78, 5) is 0. The molecule has 0 bridgehead atoms. The predicted molar refractivity (Wildman–Crippen MR) is 113 cm³/mol. The van der Waals surface area contributed by atoms with E-state index in [1.54, 1.807) is 5.19 Å². The van der Waals surface area contributed by atoms with Crippen molar-refractivity contribution < 1.29 is 5.11 Å². The van der Waals surface area contributed by atoms with Crippen molar-refractivity contribution in [1.29, 1.82) is 0 Å². The molecule has 1 aromatic carbocycles. The second-order valence-corrected chi connectivity index (χ2v) is 50.3. The van der Waals surface area contributed by atoms with Crippen molar-refractivity contribution in [3.8, 4) is 5.75 Å². The van der Waals surface area contributed by atoms with Crippen molar-refractivity contribution in [3.63, 3.8) is 0 Å². The van der Waals surface area contributed by atoms with E-state index in [1.165, 1.54) is 0 Å². The second-order valence-electron chi connectivity index (χ2n) is 9.96. The minimum absolute atomic E-state index is 0.494. The first kappa shape index (κ1) is 19.9. The number of hydrogen-bond acceptors (Lipinski definition) is 1. The van der Waals surface area contributed by atoms with Crippen LogP contribution in [0.4, 0.5) is 0 Å². The van der Waals surface area contributed by atoms with Gasteiger partial charge in [0.1, 0.15) is 5.75 Å². The third kappa shape index (κ3) is 2.97. The van der Waals surface area contributed by atoms with Gasteiger partial charge in [-0.15, -0.1) is 0 Å². The van der Waals surface area contributed by atoms with Gasteiger partial charge in [0.05, 0.1) is 6.63 Å². The molecule has 0 unspecified atom stereocenters. The molecule has 0 heterocycles.